The summed E-state index contributed by atoms with van der Waals surface area (Å²) in [7, 11) is 0. The molecule has 3 heteroatoms. The molecular formula is C16H20N2O. The summed E-state index contributed by atoms with van der Waals surface area (Å²) in [6.45, 7) is 4.53. The van der Waals surface area contributed by atoms with Crippen LogP contribution in [-0.4, -0.2) is 11.0 Å². The van der Waals surface area contributed by atoms with Gasteiger partial charge in [0.25, 0.3) is 0 Å². The number of ether oxygens (including phenoxy) is 1. The van der Waals surface area contributed by atoms with Crippen LogP contribution in [0.1, 0.15) is 23.7 Å². The monoisotopic (exact) mass is 256 g/mol. The molecule has 0 bridgehead atoms. The van der Waals surface area contributed by atoms with Gasteiger partial charge in [-0.2, -0.15) is 0 Å². The Labute approximate surface area is 114 Å². The minimum atomic E-state index is 0.126. The van der Waals surface area contributed by atoms with E-state index >= 15 is 0 Å². The molecule has 2 aromatic rings. The number of aryl methyl sites for hydroxylation is 1. The second kappa shape index (κ2) is 6.34. The maximum atomic E-state index is 5.89. The Morgan fingerprint density at radius 3 is 2.74 bits per heavy atom. The Bertz CT molecular complexity index is 538. The lowest BCUT2D eigenvalue weighted by molar-refractivity contribution is 0.297. The number of nitrogens with zero attached hydrogens (tertiary/aromatic N) is 1. The van der Waals surface area contributed by atoms with Crippen LogP contribution in [0.2, 0.25) is 0 Å². The van der Waals surface area contributed by atoms with Crippen LogP contribution in [0.15, 0.2) is 42.6 Å². The smallest absolute Gasteiger partial charge is 0.130 e. The molecule has 0 amide bonds. The third-order valence-corrected chi connectivity index (χ3v) is 3.00. The molecule has 100 valence electrons. The van der Waals surface area contributed by atoms with Crippen LogP contribution in [-0.2, 0) is 13.0 Å². The molecule has 1 heterocycles. The first kappa shape index (κ1) is 13.6. The van der Waals surface area contributed by atoms with E-state index < -0.39 is 0 Å². The molecule has 1 aromatic carbocycles. The lowest BCUT2D eigenvalue weighted by Gasteiger charge is -2.13. The lowest BCUT2D eigenvalue weighted by atomic mass is 10.1. The normalized spacial score (nSPS) is 12.2. The molecule has 3 nitrogen and oxygen atoms in total. The van der Waals surface area contributed by atoms with Crippen molar-refractivity contribution in [3.63, 3.8) is 0 Å². The average Bonchev–Trinajstić information content (AvgIpc) is 2.39. The zero-order chi connectivity index (χ0) is 13.7. The highest BCUT2D eigenvalue weighted by Crippen LogP contribution is 2.20. The van der Waals surface area contributed by atoms with Crippen LogP contribution in [0.25, 0.3) is 0 Å². The molecule has 0 spiro atoms. The third kappa shape index (κ3) is 3.80. The molecule has 0 aliphatic carbocycles. The second-order valence-electron chi connectivity index (χ2n) is 4.84. The Hall–Kier alpha value is -1.87. The fourth-order valence-corrected chi connectivity index (χ4v) is 1.98. The number of para-hydroxylation sites is 1. The molecular weight excluding hydrogens is 236 g/mol. The third-order valence-electron chi connectivity index (χ3n) is 3.00. The number of benzene rings is 1. The van der Waals surface area contributed by atoms with Gasteiger partial charge in [-0.1, -0.05) is 24.3 Å². The van der Waals surface area contributed by atoms with Gasteiger partial charge < -0.3 is 10.5 Å². The van der Waals surface area contributed by atoms with E-state index in [4.69, 9.17) is 10.5 Å². The lowest BCUT2D eigenvalue weighted by Crippen LogP contribution is -2.18. The maximum Gasteiger partial charge on any atom is 0.130 e. The van der Waals surface area contributed by atoms with E-state index in [-0.39, 0.29) is 6.04 Å². The highest BCUT2D eigenvalue weighted by molar-refractivity contribution is 5.34. The SMILES string of the molecule is Cc1cccnc1COc1ccccc1CC(C)N. The van der Waals surface area contributed by atoms with E-state index in [1.165, 1.54) is 0 Å². The first-order chi connectivity index (χ1) is 9.16. The number of rotatable bonds is 5. The van der Waals surface area contributed by atoms with Gasteiger partial charge in [-0.15, -0.1) is 0 Å². The van der Waals surface area contributed by atoms with Crippen LogP contribution in [0.4, 0.5) is 0 Å². The Morgan fingerprint density at radius 1 is 1.21 bits per heavy atom. The van der Waals surface area contributed by atoms with Gasteiger partial charge in [0.05, 0.1) is 5.69 Å². The zero-order valence-electron chi connectivity index (χ0n) is 11.5. The summed E-state index contributed by atoms with van der Waals surface area (Å²) >= 11 is 0. The number of nitrogens with two attached hydrogens (primary N) is 1. The van der Waals surface area contributed by atoms with E-state index in [0.29, 0.717) is 6.61 Å². The van der Waals surface area contributed by atoms with E-state index in [9.17, 15) is 0 Å². The van der Waals surface area contributed by atoms with Crippen molar-refractivity contribution in [3.05, 3.63) is 59.4 Å². The maximum absolute atomic E-state index is 5.89. The van der Waals surface area contributed by atoms with E-state index in [0.717, 1.165) is 29.0 Å². The zero-order valence-corrected chi connectivity index (χ0v) is 11.5. The summed E-state index contributed by atoms with van der Waals surface area (Å²) < 4.78 is 5.89. The van der Waals surface area contributed by atoms with E-state index in [2.05, 4.69) is 11.1 Å². The van der Waals surface area contributed by atoms with Gasteiger partial charge in [0, 0.05) is 12.2 Å². The predicted molar refractivity (Wildman–Crippen MR) is 77.1 cm³/mol. The minimum Gasteiger partial charge on any atom is -0.487 e. The molecule has 0 aliphatic rings. The van der Waals surface area contributed by atoms with Crippen molar-refractivity contribution in [1.82, 2.24) is 4.98 Å². The van der Waals surface area contributed by atoms with Gasteiger partial charge in [0.1, 0.15) is 12.4 Å². The summed E-state index contributed by atoms with van der Waals surface area (Å²) in [5.41, 5.74) is 9.12. The number of aromatic nitrogens is 1. The number of hydrogen-bond donors (Lipinski definition) is 1. The molecule has 2 rings (SSSR count). The van der Waals surface area contributed by atoms with Crippen molar-refractivity contribution < 1.29 is 4.74 Å². The summed E-state index contributed by atoms with van der Waals surface area (Å²) in [6.07, 6.45) is 2.61. The van der Waals surface area contributed by atoms with E-state index in [1.54, 1.807) is 6.20 Å². The summed E-state index contributed by atoms with van der Waals surface area (Å²) in [5.74, 6) is 0.893. The Morgan fingerprint density at radius 2 is 2.00 bits per heavy atom. The van der Waals surface area contributed by atoms with Crippen LogP contribution in [0, 0.1) is 6.92 Å². The molecule has 1 unspecified atom stereocenters. The average molecular weight is 256 g/mol. The highest BCUT2D eigenvalue weighted by Gasteiger charge is 2.06. The van der Waals surface area contributed by atoms with Crippen LogP contribution in [0.3, 0.4) is 0 Å². The molecule has 1 atom stereocenters. The van der Waals surface area contributed by atoms with Crippen molar-refractivity contribution in [1.29, 1.82) is 0 Å². The standard InChI is InChI=1S/C16H20N2O/c1-12-6-5-9-18-15(12)11-19-16-8-4-3-7-14(16)10-13(2)17/h3-9,13H,10-11,17H2,1-2H3. The van der Waals surface area contributed by atoms with Crippen molar-refractivity contribution in [2.75, 3.05) is 0 Å². The van der Waals surface area contributed by atoms with Gasteiger partial charge in [0.15, 0.2) is 0 Å². The van der Waals surface area contributed by atoms with Gasteiger partial charge in [-0.05, 0) is 43.5 Å². The number of hydrogen-bond acceptors (Lipinski definition) is 3. The summed E-state index contributed by atoms with van der Waals surface area (Å²) in [4.78, 5) is 4.33. The van der Waals surface area contributed by atoms with Crippen LogP contribution < -0.4 is 10.5 Å². The Kier molecular flexibility index (Phi) is 4.53. The predicted octanol–water partition coefficient (Wildman–Crippen LogP) is 2.86. The first-order valence-corrected chi connectivity index (χ1v) is 6.53. The highest BCUT2D eigenvalue weighted by atomic mass is 16.5. The molecule has 0 fully saturated rings. The topological polar surface area (TPSA) is 48.1 Å². The Balaban J connectivity index is 2.09. The van der Waals surface area contributed by atoms with Gasteiger partial charge in [-0.3, -0.25) is 4.98 Å². The quantitative estimate of drug-likeness (QED) is 0.894. The van der Waals surface area contributed by atoms with Crippen molar-refractivity contribution in [3.8, 4) is 5.75 Å². The van der Waals surface area contributed by atoms with Crippen molar-refractivity contribution >= 4 is 0 Å². The molecule has 2 N–H and O–H groups in total. The van der Waals surface area contributed by atoms with Crippen LogP contribution >= 0.6 is 0 Å². The fraction of sp³-hybridized carbons (Fsp3) is 0.312. The van der Waals surface area contributed by atoms with E-state index in [1.807, 2.05) is 44.2 Å². The second-order valence-corrected chi connectivity index (χ2v) is 4.84. The molecule has 0 saturated carbocycles. The summed E-state index contributed by atoms with van der Waals surface area (Å²) in [5, 5.41) is 0. The van der Waals surface area contributed by atoms with Crippen molar-refractivity contribution in [2.45, 2.75) is 32.9 Å². The molecule has 0 aliphatic heterocycles. The molecule has 0 saturated heterocycles. The summed E-state index contributed by atoms with van der Waals surface area (Å²) in [6, 6.07) is 12.1. The van der Waals surface area contributed by atoms with Crippen LogP contribution in [0.5, 0.6) is 5.75 Å². The van der Waals surface area contributed by atoms with Crippen molar-refractivity contribution in [2.24, 2.45) is 5.73 Å². The minimum absolute atomic E-state index is 0.126. The van der Waals surface area contributed by atoms with Gasteiger partial charge in [0.2, 0.25) is 0 Å². The van der Waals surface area contributed by atoms with Gasteiger partial charge >= 0.3 is 0 Å². The number of pyridine rings is 1. The largest absolute Gasteiger partial charge is 0.487 e. The molecule has 1 aromatic heterocycles. The molecule has 0 radical (unpaired) electrons. The fourth-order valence-electron chi connectivity index (χ4n) is 1.98. The molecule has 19 heavy (non-hydrogen) atoms. The van der Waals surface area contributed by atoms with Gasteiger partial charge in [-0.25, -0.2) is 0 Å². The first-order valence-electron chi connectivity index (χ1n) is 6.53.